The molecule has 0 fully saturated rings. The summed E-state index contributed by atoms with van der Waals surface area (Å²) < 4.78 is 0. The molecule has 0 radical (unpaired) electrons. The second-order valence-corrected chi connectivity index (χ2v) is 6.28. The fraction of sp³-hybridized carbons (Fsp3) is 0.786. The van der Waals surface area contributed by atoms with E-state index in [9.17, 15) is 4.79 Å². The van der Waals surface area contributed by atoms with Crippen molar-refractivity contribution < 1.29 is 4.79 Å². The van der Waals surface area contributed by atoms with Crippen LogP contribution < -0.4 is 5.73 Å². The van der Waals surface area contributed by atoms with E-state index in [2.05, 4.69) is 26.8 Å². The molecule has 1 amide bonds. The van der Waals surface area contributed by atoms with Crippen LogP contribution in [0.25, 0.3) is 0 Å². The van der Waals surface area contributed by atoms with Crippen LogP contribution in [0.4, 0.5) is 0 Å². The van der Waals surface area contributed by atoms with Gasteiger partial charge in [0.25, 0.3) is 0 Å². The Bertz CT molecular complexity index is 313. The van der Waals surface area contributed by atoms with E-state index in [0.29, 0.717) is 6.54 Å². The van der Waals surface area contributed by atoms with E-state index < -0.39 is 0 Å². The van der Waals surface area contributed by atoms with Crippen molar-refractivity contribution >= 4 is 5.91 Å². The summed E-state index contributed by atoms with van der Waals surface area (Å²) in [6.07, 6.45) is 3.16. The number of nitrogens with two attached hydrogens (primary N) is 1. The molecule has 3 nitrogen and oxygen atoms in total. The molecule has 0 spiro atoms. The first-order valence-electron chi connectivity index (χ1n) is 6.47. The number of rotatable bonds is 2. The van der Waals surface area contributed by atoms with Crippen molar-refractivity contribution in [2.24, 2.45) is 17.1 Å². The van der Waals surface area contributed by atoms with E-state index in [4.69, 9.17) is 5.73 Å². The van der Waals surface area contributed by atoms with Crippen LogP contribution >= 0.6 is 0 Å². The summed E-state index contributed by atoms with van der Waals surface area (Å²) in [4.78, 5) is 13.9. The van der Waals surface area contributed by atoms with E-state index in [1.807, 2.05) is 18.7 Å². The average Bonchev–Trinajstić information content (AvgIpc) is 2.26. The largest absolute Gasteiger partial charge is 0.337 e. The van der Waals surface area contributed by atoms with Crippen molar-refractivity contribution in [1.29, 1.82) is 0 Å². The third-order valence-corrected chi connectivity index (χ3v) is 3.49. The van der Waals surface area contributed by atoms with Gasteiger partial charge >= 0.3 is 0 Å². The lowest BCUT2D eigenvalue weighted by atomic mass is 9.83. The predicted molar refractivity (Wildman–Crippen MR) is 71.5 cm³/mol. The lowest BCUT2D eigenvalue weighted by Gasteiger charge is -2.34. The van der Waals surface area contributed by atoms with Crippen LogP contribution in [-0.4, -0.2) is 29.9 Å². The highest BCUT2D eigenvalue weighted by Gasteiger charge is 2.27. The van der Waals surface area contributed by atoms with E-state index in [1.165, 1.54) is 5.57 Å². The smallest absolute Gasteiger partial charge is 0.240 e. The topological polar surface area (TPSA) is 46.3 Å². The number of carbonyl (C=O) groups is 1. The van der Waals surface area contributed by atoms with Gasteiger partial charge < -0.3 is 10.6 Å². The maximum atomic E-state index is 12.1. The van der Waals surface area contributed by atoms with Crippen LogP contribution in [-0.2, 0) is 4.79 Å². The highest BCUT2D eigenvalue weighted by atomic mass is 16.2. The molecular weight excluding hydrogens is 212 g/mol. The van der Waals surface area contributed by atoms with Crippen molar-refractivity contribution in [3.63, 3.8) is 0 Å². The summed E-state index contributed by atoms with van der Waals surface area (Å²) >= 11 is 0. The summed E-state index contributed by atoms with van der Waals surface area (Å²) in [5.41, 5.74) is 7.56. The minimum absolute atomic E-state index is 0.0872. The Morgan fingerprint density at radius 3 is 2.35 bits per heavy atom. The van der Waals surface area contributed by atoms with Gasteiger partial charge in [-0.2, -0.15) is 0 Å². The molecule has 0 saturated carbocycles. The summed E-state index contributed by atoms with van der Waals surface area (Å²) in [6.45, 7) is 12.2. The average molecular weight is 238 g/mol. The number of carbonyl (C=O) groups excluding carboxylic acids is 1. The summed E-state index contributed by atoms with van der Waals surface area (Å²) in [6, 6.07) is -0.361. The molecule has 1 atom stereocenters. The molecule has 0 unspecified atom stereocenters. The normalized spacial score (nSPS) is 19.2. The summed E-state index contributed by atoms with van der Waals surface area (Å²) in [7, 11) is 0. The monoisotopic (exact) mass is 238 g/mol. The Balaban J connectivity index is 2.64. The Hall–Kier alpha value is -0.830. The van der Waals surface area contributed by atoms with Crippen LogP contribution in [0.3, 0.4) is 0 Å². The minimum Gasteiger partial charge on any atom is -0.337 e. The molecule has 0 saturated heterocycles. The predicted octanol–water partition coefficient (Wildman–Crippen LogP) is 2.17. The van der Waals surface area contributed by atoms with Crippen molar-refractivity contribution in [3.05, 3.63) is 11.6 Å². The summed E-state index contributed by atoms with van der Waals surface area (Å²) in [5, 5.41) is 0. The Labute approximate surface area is 105 Å². The van der Waals surface area contributed by atoms with Crippen LogP contribution in [0.15, 0.2) is 11.6 Å². The number of hydrogen-bond acceptors (Lipinski definition) is 2. The van der Waals surface area contributed by atoms with Gasteiger partial charge in [0.1, 0.15) is 0 Å². The summed E-state index contributed by atoms with van der Waals surface area (Å²) in [5.74, 6) is 0.291. The van der Waals surface area contributed by atoms with Crippen LogP contribution in [0.5, 0.6) is 0 Å². The molecule has 1 aliphatic rings. The van der Waals surface area contributed by atoms with Crippen molar-refractivity contribution in [3.8, 4) is 0 Å². The van der Waals surface area contributed by atoms with Crippen molar-refractivity contribution in [2.75, 3.05) is 13.1 Å². The van der Waals surface area contributed by atoms with Gasteiger partial charge in [-0.3, -0.25) is 4.79 Å². The molecule has 0 aliphatic carbocycles. The lowest BCUT2D eigenvalue weighted by molar-refractivity contribution is -0.133. The number of nitrogens with zero attached hydrogens (tertiary/aromatic N) is 1. The lowest BCUT2D eigenvalue weighted by Crippen LogP contribution is -2.48. The maximum Gasteiger partial charge on any atom is 0.240 e. The first kappa shape index (κ1) is 14.2. The Morgan fingerprint density at radius 1 is 1.41 bits per heavy atom. The van der Waals surface area contributed by atoms with Gasteiger partial charge in [-0.25, -0.2) is 0 Å². The third-order valence-electron chi connectivity index (χ3n) is 3.49. The SMILES string of the molecule is CC(C)[C@H](N)C(=O)N1CC=C(C(C)(C)C)CC1. The molecule has 17 heavy (non-hydrogen) atoms. The van der Waals surface area contributed by atoms with Crippen molar-refractivity contribution in [2.45, 2.75) is 47.1 Å². The molecule has 0 aromatic rings. The molecule has 3 heteroatoms. The fourth-order valence-corrected chi connectivity index (χ4v) is 2.05. The van der Waals surface area contributed by atoms with Crippen LogP contribution in [0.1, 0.15) is 41.0 Å². The fourth-order valence-electron chi connectivity index (χ4n) is 2.05. The van der Waals surface area contributed by atoms with Gasteiger partial charge in [0.15, 0.2) is 0 Å². The van der Waals surface area contributed by atoms with Gasteiger partial charge in [0.2, 0.25) is 5.91 Å². The molecular formula is C14H26N2O. The molecule has 2 N–H and O–H groups in total. The molecule has 98 valence electrons. The van der Waals surface area contributed by atoms with Gasteiger partial charge in [-0.1, -0.05) is 46.3 Å². The van der Waals surface area contributed by atoms with Crippen LogP contribution in [0.2, 0.25) is 0 Å². The Morgan fingerprint density at radius 2 is 2.00 bits per heavy atom. The molecule has 0 bridgehead atoms. The number of amides is 1. The zero-order valence-corrected chi connectivity index (χ0v) is 11.8. The van der Waals surface area contributed by atoms with Gasteiger partial charge in [-0.05, 0) is 17.8 Å². The highest BCUT2D eigenvalue weighted by molar-refractivity contribution is 5.82. The third kappa shape index (κ3) is 3.56. The van der Waals surface area contributed by atoms with E-state index in [0.717, 1.165) is 13.0 Å². The molecule has 1 heterocycles. The molecule has 0 aromatic carbocycles. The zero-order chi connectivity index (χ0) is 13.2. The molecule has 1 rings (SSSR count). The Kier molecular flexibility index (Phi) is 4.36. The standard InChI is InChI=1S/C14H26N2O/c1-10(2)12(15)13(17)16-8-6-11(7-9-16)14(3,4)5/h6,10,12H,7-9,15H2,1-5H3/t12-/m0/s1. The van der Waals surface area contributed by atoms with Gasteiger partial charge in [0, 0.05) is 13.1 Å². The minimum atomic E-state index is -0.361. The number of hydrogen-bond donors (Lipinski definition) is 1. The molecule has 0 aromatic heterocycles. The van der Waals surface area contributed by atoms with E-state index in [-0.39, 0.29) is 23.3 Å². The highest BCUT2D eigenvalue weighted by Crippen LogP contribution is 2.30. The van der Waals surface area contributed by atoms with Crippen molar-refractivity contribution in [1.82, 2.24) is 4.90 Å². The van der Waals surface area contributed by atoms with E-state index in [1.54, 1.807) is 0 Å². The molecule has 1 aliphatic heterocycles. The first-order chi connectivity index (χ1) is 7.73. The van der Waals surface area contributed by atoms with Gasteiger partial charge in [-0.15, -0.1) is 0 Å². The zero-order valence-electron chi connectivity index (χ0n) is 11.8. The van der Waals surface area contributed by atoms with Crippen LogP contribution in [0, 0.1) is 11.3 Å². The van der Waals surface area contributed by atoms with Gasteiger partial charge in [0.05, 0.1) is 6.04 Å². The second-order valence-electron chi connectivity index (χ2n) is 6.28. The maximum absolute atomic E-state index is 12.1. The second kappa shape index (κ2) is 5.21. The quantitative estimate of drug-likeness (QED) is 0.749. The first-order valence-corrected chi connectivity index (χ1v) is 6.47. The van der Waals surface area contributed by atoms with E-state index >= 15 is 0 Å².